The van der Waals surface area contributed by atoms with Gasteiger partial charge in [-0.05, 0) is 72.9 Å². The highest BCUT2D eigenvalue weighted by Crippen LogP contribution is 2.49. The number of rotatable bonds is 4. The normalized spacial score (nSPS) is 24.2. The number of benzene rings is 1. The van der Waals surface area contributed by atoms with Crippen molar-refractivity contribution in [2.75, 3.05) is 5.32 Å². The number of carbonyl (C=O) groups excluding carboxylic acids is 1. The molecule has 26 heavy (non-hydrogen) atoms. The third-order valence-electron chi connectivity index (χ3n) is 5.46. The zero-order chi connectivity index (χ0) is 18.1. The summed E-state index contributed by atoms with van der Waals surface area (Å²) in [5.41, 5.74) is 2.53. The van der Waals surface area contributed by atoms with Gasteiger partial charge in [0.05, 0.1) is 6.20 Å². The van der Waals surface area contributed by atoms with Crippen molar-refractivity contribution in [1.82, 2.24) is 4.98 Å². The molecule has 0 saturated heterocycles. The van der Waals surface area contributed by atoms with Gasteiger partial charge in [0.1, 0.15) is 5.82 Å². The minimum Gasteiger partial charge on any atom is -0.326 e. The maximum atomic E-state index is 13.9. The molecular weight excluding hydrogens is 351 g/mol. The highest BCUT2D eigenvalue weighted by atomic mass is 35.5. The Morgan fingerprint density at radius 1 is 1.23 bits per heavy atom. The van der Waals surface area contributed by atoms with Crippen molar-refractivity contribution in [1.29, 1.82) is 0 Å². The van der Waals surface area contributed by atoms with E-state index < -0.39 is 0 Å². The highest BCUT2D eigenvalue weighted by Gasteiger charge is 2.38. The van der Waals surface area contributed by atoms with E-state index in [2.05, 4.69) is 16.4 Å². The SMILES string of the molecule is O=C(C[C@H]1C[C@@H]2CC(c3ccncc3F)=C[C@@H]2C1)Nc1ccc(Cl)cc1. The van der Waals surface area contributed by atoms with Gasteiger partial charge in [-0.1, -0.05) is 17.7 Å². The second-order valence-corrected chi connectivity index (χ2v) is 7.71. The van der Waals surface area contributed by atoms with Crippen molar-refractivity contribution >= 4 is 28.8 Å². The van der Waals surface area contributed by atoms with Crippen LogP contribution in [0.2, 0.25) is 5.02 Å². The molecule has 3 atom stereocenters. The summed E-state index contributed by atoms with van der Waals surface area (Å²) in [5.74, 6) is 1.15. The lowest BCUT2D eigenvalue weighted by atomic mass is 9.96. The van der Waals surface area contributed by atoms with Gasteiger partial charge in [-0.3, -0.25) is 9.78 Å². The minimum absolute atomic E-state index is 0.0432. The number of hydrogen-bond donors (Lipinski definition) is 1. The molecule has 1 aromatic heterocycles. The van der Waals surface area contributed by atoms with Crippen LogP contribution in [0, 0.1) is 23.6 Å². The number of allylic oxidation sites excluding steroid dienone is 2. The molecule has 1 N–H and O–H groups in total. The van der Waals surface area contributed by atoms with Crippen molar-refractivity contribution in [3.63, 3.8) is 0 Å². The summed E-state index contributed by atoms with van der Waals surface area (Å²) in [7, 11) is 0. The molecule has 1 saturated carbocycles. The number of carbonyl (C=O) groups is 1. The molecule has 1 aromatic carbocycles. The molecule has 1 heterocycles. The van der Waals surface area contributed by atoms with Crippen molar-refractivity contribution in [3.05, 3.63) is 65.2 Å². The third-order valence-corrected chi connectivity index (χ3v) is 5.72. The highest BCUT2D eigenvalue weighted by molar-refractivity contribution is 6.30. The maximum Gasteiger partial charge on any atom is 0.224 e. The third kappa shape index (κ3) is 3.65. The van der Waals surface area contributed by atoms with Gasteiger partial charge in [-0.2, -0.15) is 0 Å². The zero-order valence-electron chi connectivity index (χ0n) is 14.3. The number of nitrogens with one attached hydrogen (secondary N) is 1. The number of aromatic nitrogens is 1. The van der Waals surface area contributed by atoms with E-state index in [0.717, 1.165) is 30.5 Å². The van der Waals surface area contributed by atoms with Crippen LogP contribution >= 0.6 is 11.6 Å². The van der Waals surface area contributed by atoms with Crippen LogP contribution < -0.4 is 5.32 Å². The first-order valence-electron chi connectivity index (χ1n) is 8.94. The van der Waals surface area contributed by atoms with E-state index in [0.29, 0.717) is 34.8 Å². The van der Waals surface area contributed by atoms with Gasteiger partial charge in [0, 0.05) is 28.9 Å². The quantitative estimate of drug-likeness (QED) is 0.790. The predicted molar refractivity (Wildman–Crippen MR) is 101 cm³/mol. The summed E-state index contributed by atoms with van der Waals surface area (Å²) in [4.78, 5) is 16.1. The Morgan fingerprint density at radius 2 is 2.04 bits per heavy atom. The Labute approximate surface area is 157 Å². The summed E-state index contributed by atoms with van der Waals surface area (Å²) in [6.45, 7) is 0. The van der Waals surface area contributed by atoms with Crippen LogP contribution in [0.3, 0.4) is 0 Å². The van der Waals surface area contributed by atoms with Crippen LogP contribution in [-0.4, -0.2) is 10.9 Å². The smallest absolute Gasteiger partial charge is 0.224 e. The molecule has 3 nitrogen and oxygen atoms in total. The van der Waals surface area contributed by atoms with Gasteiger partial charge in [-0.15, -0.1) is 0 Å². The number of fused-ring (bicyclic) bond motifs is 1. The van der Waals surface area contributed by atoms with Crippen LogP contribution in [-0.2, 0) is 4.79 Å². The van der Waals surface area contributed by atoms with E-state index in [1.165, 1.54) is 6.20 Å². The molecule has 0 bridgehead atoms. The van der Waals surface area contributed by atoms with E-state index in [-0.39, 0.29) is 11.7 Å². The standard InChI is InChI=1S/C21H20ClFN2O/c22-17-1-3-18(4-2-17)25-21(26)9-13-7-14-10-16(11-15(14)8-13)19-5-6-24-12-20(19)23/h1-6,10,12-15H,7-9,11H2,(H,25,26)/t13-,14+,15-/m1/s1. The molecule has 0 spiro atoms. The van der Waals surface area contributed by atoms with Gasteiger partial charge in [0.25, 0.3) is 0 Å². The van der Waals surface area contributed by atoms with Crippen LogP contribution in [0.5, 0.6) is 0 Å². The molecule has 2 aromatic rings. The van der Waals surface area contributed by atoms with Gasteiger partial charge in [-0.25, -0.2) is 4.39 Å². The molecule has 0 aliphatic heterocycles. The van der Waals surface area contributed by atoms with Crippen molar-refractivity contribution < 1.29 is 9.18 Å². The summed E-state index contributed by atoms with van der Waals surface area (Å²) in [6, 6.07) is 8.90. The Kier molecular flexibility index (Phi) is 4.77. The van der Waals surface area contributed by atoms with Crippen molar-refractivity contribution in [3.8, 4) is 0 Å². The van der Waals surface area contributed by atoms with E-state index >= 15 is 0 Å². The fourth-order valence-electron chi connectivity index (χ4n) is 4.33. The molecule has 134 valence electrons. The molecule has 2 aliphatic rings. The lowest BCUT2D eigenvalue weighted by molar-refractivity contribution is -0.117. The van der Waals surface area contributed by atoms with Gasteiger partial charge < -0.3 is 5.32 Å². The number of hydrogen-bond acceptors (Lipinski definition) is 2. The summed E-state index contributed by atoms with van der Waals surface area (Å²) in [5, 5.41) is 3.59. The van der Waals surface area contributed by atoms with Crippen LogP contribution in [0.25, 0.3) is 5.57 Å². The molecule has 4 rings (SSSR count). The first kappa shape index (κ1) is 17.2. The molecule has 0 radical (unpaired) electrons. The fraction of sp³-hybridized carbons (Fsp3) is 0.333. The van der Waals surface area contributed by atoms with E-state index in [1.54, 1.807) is 24.4 Å². The Balaban J connectivity index is 1.34. The minimum atomic E-state index is -0.252. The average Bonchev–Trinajstić information content (AvgIpc) is 3.15. The molecule has 1 amide bonds. The molecule has 2 aliphatic carbocycles. The number of nitrogens with zero attached hydrogens (tertiary/aromatic N) is 1. The monoisotopic (exact) mass is 370 g/mol. The van der Waals surface area contributed by atoms with Gasteiger partial charge in [0.2, 0.25) is 5.91 Å². The molecular formula is C21H20ClFN2O. The van der Waals surface area contributed by atoms with Crippen molar-refractivity contribution in [2.24, 2.45) is 17.8 Å². The van der Waals surface area contributed by atoms with E-state index in [4.69, 9.17) is 11.6 Å². The Bertz CT molecular complexity index is 849. The molecule has 1 fully saturated rings. The number of pyridine rings is 1. The maximum absolute atomic E-state index is 13.9. The van der Waals surface area contributed by atoms with Gasteiger partial charge >= 0.3 is 0 Å². The lowest BCUT2D eigenvalue weighted by Gasteiger charge is -2.12. The van der Waals surface area contributed by atoms with Crippen LogP contribution in [0.4, 0.5) is 10.1 Å². The van der Waals surface area contributed by atoms with Crippen LogP contribution in [0.1, 0.15) is 31.2 Å². The van der Waals surface area contributed by atoms with E-state index in [9.17, 15) is 9.18 Å². The summed E-state index contributed by atoms with van der Waals surface area (Å²) < 4.78 is 13.9. The largest absolute Gasteiger partial charge is 0.326 e. The lowest BCUT2D eigenvalue weighted by Crippen LogP contribution is -2.15. The Morgan fingerprint density at radius 3 is 2.77 bits per heavy atom. The molecule has 5 heteroatoms. The predicted octanol–water partition coefficient (Wildman–Crippen LogP) is 5.33. The van der Waals surface area contributed by atoms with Crippen molar-refractivity contribution in [2.45, 2.75) is 25.7 Å². The first-order chi connectivity index (χ1) is 12.6. The number of halogens is 2. The summed E-state index contributed by atoms with van der Waals surface area (Å²) in [6.07, 6.45) is 8.55. The fourth-order valence-corrected chi connectivity index (χ4v) is 4.46. The number of amides is 1. The summed E-state index contributed by atoms with van der Waals surface area (Å²) >= 11 is 5.86. The second-order valence-electron chi connectivity index (χ2n) is 7.27. The Hall–Kier alpha value is -2.20. The topological polar surface area (TPSA) is 42.0 Å². The van der Waals surface area contributed by atoms with Gasteiger partial charge in [0.15, 0.2) is 0 Å². The average molecular weight is 371 g/mol. The van der Waals surface area contributed by atoms with E-state index in [1.807, 2.05) is 12.1 Å². The van der Waals surface area contributed by atoms with Crippen LogP contribution in [0.15, 0.2) is 48.8 Å². The zero-order valence-corrected chi connectivity index (χ0v) is 15.0. The second kappa shape index (κ2) is 7.20. The molecule has 0 unspecified atom stereocenters. The number of anilines is 1. The first-order valence-corrected chi connectivity index (χ1v) is 9.32.